The maximum Gasteiger partial charge on any atom is 0.254 e. The summed E-state index contributed by atoms with van der Waals surface area (Å²) in [6, 6.07) is 28.1. The van der Waals surface area contributed by atoms with Gasteiger partial charge in [0.25, 0.3) is 5.91 Å². The second-order valence-corrected chi connectivity index (χ2v) is 12.4. The Morgan fingerprint density at radius 3 is 1.70 bits per heavy atom. The highest BCUT2D eigenvalue weighted by Crippen LogP contribution is 2.22. The van der Waals surface area contributed by atoms with Crippen molar-refractivity contribution in [3.63, 3.8) is 0 Å². The summed E-state index contributed by atoms with van der Waals surface area (Å²) in [5, 5.41) is 0. The Morgan fingerprint density at radius 2 is 1.14 bits per heavy atom. The van der Waals surface area contributed by atoms with E-state index in [2.05, 4.69) is 107 Å². The number of hydrogen-bond acceptors (Lipinski definition) is 4. The third-order valence-corrected chi connectivity index (χ3v) is 8.97. The summed E-state index contributed by atoms with van der Waals surface area (Å²) in [5.41, 5.74) is 5.89. The van der Waals surface area contributed by atoms with Gasteiger partial charge in [-0.2, -0.15) is 0 Å². The summed E-state index contributed by atoms with van der Waals surface area (Å²) in [6.07, 6.45) is 9.58. The summed E-state index contributed by atoms with van der Waals surface area (Å²) in [7, 11) is 0. The molecule has 3 aromatic rings. The van der Waals surface area contributed by atoms with Crippen molar-refractivity contribution in [3.05, 3.63) is 95.6 Å². The predicted octanol–water partition coefficient (Wildman–Crippen LogP) is 8.29. The van der Waals surface area contributed by atoms with Crippen LogP contribution in [0.2, 0.25) is 0 Å². The molecule has 5 heteroatoms. The van der Waals surface area contributed by atoms with Crippen LogP contribution in [-0.4, -0.2) is 68.1 Å². The highest BCUT2D eigenvalue weighted by Gasteiger charge is 2.20. The van der Waals surface area contributed by atoms with Crippen LogP contribution in [0.15, 0.2) is 78.9 Å². The molecule has 4 rings (SSSR count). The van der Waals surface area contributed by atoms with Crippen LogP contribution in [0.4, 0.5) is 11.4 Å². The molecule has 1 fully saturated rings. The number of piperazine rings is 1. The molecule has 1 saturated heterocycles. The van der Waals surface area contributed by atoms with Gasteiger partial charge < -0.3 is 19.6 Å². The van der Waals surface area contributed by atoms with Gasteiger partial charge in [0, 0.05) is 62.8 Å². The van der Waals surface area contributed by atoms with E-state index in [9.17, 15) is 4.79 Å². The van der Waals surface area contributed by atoms with Gasteiger partial charge in [-0.05, 0) is 86.3 Å². The molecule has 0 aromatic heterocycles. The van der Waals surface area contributed by atoms with Crippen LogP contribution in [0, 0.1) is 0 Å². The third kappa shape index (κ3) is 10.4. The third-order valence-electron chi connectivity index (χ3n) is 8.97. The molecular weight excluding hydrogens is 540 g/mol. The molecule has 0 saturated carbocycles. The minimum absolute atomic E-state index is 0.136. The van der Waals surface area contributed by atoms with Crippen LogP contribution in [0.25, 0.3) is 0 Å². The van der Waals surface area contributed by atoms with Crippen LogP contribution < -0.4 is 9.80 Å². The van der Waals surface area contributed by atoms with Gasteiger partial charge in [0.05, 0.1) is 0 Å². The summed E-state index contributed by atoms with van der Waals surface area (Å²) < 4.78 is 0. The lowest BCUT2D eigenvalue weighted by molar-refractivity contribution is 0.0720. The van der Waals surface area contributed by atoms with Gasteiger partial charge in [0.15, 0.2) is 0 Å². The molecule has 0 bridgehead atoms. The average Bonchev–Trinajstić information content (AvgIpc) is 3.08. The fourth-order valence-corrected chi connectivity index (χ4v) is 6.08. The Morgan fingerprint density at radius 1 is 0.591 bits per heavy atom. The maximum atomic E-state index is 13.9. The lowest BCUT2D eigenvalue weighted by atomic mass is 10.0. The Labute approximate surface area is 267 Å². The Kier molecular flexibility index (Phi) is 14.1. The monoisotopic (exact) mass is 596 g/mol. The summed E-state index contributed by atoms with van der Waals surface area (Å²) in [5.74, 6) is 0.136. The van der Waals surface area contributed by atoms with E-state index in [0.717, 1.165) is 64.3 Å². The van der Waals surface area contributed by atoms with E-state index in [4.69, 9.17) is 0 Å². The number of rotatable bonds is 18. The minimum Gasteiger partial charge on any atom is -0.368 e. The zero-order valence-electron chi connectivity index (χ0n) is 27.7. The molecule has 1 amide bonds. The van der Waals surface area contributed by atoms with Gasteiger partial charge >= 0.3 is 0 Å². The number of hydrogen-bond donors (Lipinski definition) is 0. The first-order valence-corrected chi connectivity index (χ1v) is 17.4. The number of aryl methyl sites for hydroxylation is 1. The topological polar surface area (TPSA) is 30.0 Å². The van der Waals surface area contributed by atoms with E-state index in [-0.39, 0.29) is 5.91 Å². The van der Waals surface area contributed by atoms with E-state index in [0.29, 0.717) is 6.54 Å². The molecule has 0 N–H and O–H groups in total. The van der Waals surface area contributed by atoms with Crippen LogP contribution in [0.5, 0.6) is 0 Å². The van der Waals surface area contributed by atoms with Crippen LogP contribution in [0.3, 0.4) is 0 Å². The standard InChI is InChI=1S/C39H56N4O/c1-4-7-11-14-34-17-21-36(22-18-34)39(44)43(28-27-40(25-8-5-2)26-9-6-3)33-35-19-23-38(24-20-35)42-31-29-41(30-32-42)37-15-12-10-13-16-37/h10,12-13,15-24H,4-9,11,14,25-33H2,1-3H3. The fourth-order valence-electron chi connectivity index (χ4n) is 6.08. The number of anilines is 2. The van der Waals surface area contributed by atoms with Crippen LogP contribution >= 0.6 is 0 Å². The van der Waals surface area contributed by atoms with Crippen molar-refractivity contribution in [1.29, 1.82) is 0 Å². The number of nitrogens with zero attached hydrogens (tertiary/aromatic N) is 4. The van der Waals surface area contributed by atoms with Gasteiger partial charge in [0.2, 0.25) is 0 Å². The van der Waals surface area contributed by atoms with Crippen molar-refractivity contribution in [2.45, 2.75) is 78.7 Å². The molecule has 0 aliphatic carbocycles. The van der Waals surface area contributed by atoms with E-state index in [1.54, 1.807) is 0 Å². The number of carbonyl (C=O) groups excluding carboxylic acids is 1. The van der Waals surface area contributed by atoms with E-state index >= 15 is 0 Å². The molecule has 1 heterocycles. The number of unbranched alkanes of at least 4 members (excludes halogenated alkanes) is 4. The average molecular weight is 597 g/mol. The molecule has 44 heavy (non-hydrogen) atoms. The quantitative estimate of drug-likeness (QED) is 0.138. The molecule has 3 aromatic carbocycles. The molecule has 0 radical (unpaired) electrons. The SMILES string of the molecule is CCCCCc1ccc(C(=O)N(CCN(CCCC)CCCC)Cc2ccc(N3CCN(c4ccccc4)CC3)cc2)cc1. The van der Waals surface area contributed by atoms with Gasteiger partial charge in [-0.3, -0.25) is 4.79 Å². The first kappa shape index (κ1) is 33.6. The second kappa shape index (κ2) is 18.5. The first-order chi connectivity index (χ1) is 21.6. The smallest absolute Gasteiger partial charge is 0.254 e. The van der Waals surface area contributed by atoms with Crippen LogP contribution in [-0.2, 0) is 13.0 Å². The molecular formula is C39H56N4O. The van der Waals surface area contributed by atoms with Gasteiger partial charge in [-0.15, -0.1) is 0 Å². The molecule has 1 aliphatic heterocycles. The van der Waals surface area contributed by atoms with Gasteiger partial charge in [0.1, 0.15) is 0 Å². The fraction of sp³-hybridized carbons (Fsp3) is 0.513. The van der Waals surface area contributed by atoms with Crippen LogP contribution in [0.1, 0.15) is 87.2 Å². The van der Waals surface area contributed by atoms with E-state index in [1.807, 2.05) is 12.1 Å². The summed E-state index contributed by atoms with van der Waals surface area (Å²) in [4.78, 5) is 23.5. The summed E-state index contributed by atoms with van der Waals surface area (Å²) >= 11 is 0. The minimum atomic E-state index is 0.136. The largest absolute Gasteiger partial charge is 0.368 e. The van der Waals surface area contributed by atoms with Crippen molar-refractivity contribution in [3.8, 4) is 0 Å². The van der Waals surface area contributed by atoms with Crippen molar-refractivity contribution >= 4 is 17.3 Å². The van der Waals surface area contributed by atoms with Gasteiger partial charge in [-0.1, -0.05) is 88.9 Å². The number of amides is 1. The molecule has 0 spiro atoms. The number of benzene rings is 3. The van der Waals surface area contributed by atoms with Crippen molar-refractivity contribution in [2.24, 2.45) is 0 Å². The summed E-state index contributed by atoms with van der Waals surface area (Å²) in [6.45, 7) is 15.3. The number of para-hydroxylation sites is 1. The highest BCUT2D eigenvalue weighted by molar-refractivity contribution is 5.94. The lowest BCUT2D eigenvalue weighted by Gasteiger charge is -2.37. The zero-order valence-corrected chi connectivity index (χ0v) is 27.7. The molecule has 5 nitrogen and oxygen atoms in total. The van der Waals surface area contributed by atoms with Crippen molar-refractivity contribution in [2.75, 3.05) is 62.2 Å². The number of carbonyl (C=O) groups is 1. The second-order valence-electron chi connectivity index (χ2n) is 12.4. The molecule has 1 aliphatic rings. The van der Waals surface area contributed by atoms with E-state index in [1.165, 1.54) is 67.4 Å². The zero-order chi connectivity index (χ0) is 31.0. The normalized spacial score (nSPS) is 13.5. The maximum absolute atomic E-state index is 13.9. The van der Waals surface area contributed by atoms with E-state index < -0.39 is 0 Å². The molecule has 0 atom stereocenters. The highest BCUT2D eigenvalue weighted by atomic mass is 16.2. The first-order valence-electron chi connectivity index (χ1n) is 17.4. The Bertz CT molecular complexity index is 1200. The molecule has 0 unspecified atom stereocenters. The molecule has 238 valence electrons. The van der Waals surface area contributed by atoms with Crippen molar-refractivity contribution in [1.82, 2.24) is 9.80 Å². The van der Waals surface area contributed by atoms with Crippen molar-refractivity contribution < 1.29 is 4.79 Å². The van der Waals surface area contributed by atoms with Gasteiger partial charge in [-0.25, -0.2) is 0 Å². The lowest BCUT2D eigenvalue weighted by Crippen LogP contribution is -2.46. The Hall–Kier alpha value is -3.31. The predicted molar refractivity (Wildman–Crippen MR) is 188 cm³/mol. The Balaban J connectivity index is 1.41.